The first-order chi connectivity index (χ1) is 5.11. The van der Waals surface area contributed by atoms with Crippen molar-refractivity contribution in [2.75, 3.05) is 0 Å². The lowest BCUT2D eigenvalue weighted by molar-refractivity contribution is -0.385. The van der Waals surface area contributed by atoms with E-state index in [0.717, 1.165) is 12.3 Å². The summed E-state index contributed by atoms with van der Waals surface area (Å²) in [5.74, 6) is -0.667. The van der Waals surface area contributed by atoms with Gasteiger partial charge in [0.15, 0.2) is 5.82 Å². The number of pyridine rings is 1. The highest BCUT2D eigenvalue weighted by Crippen LogP contribution is 2.14. The van der Waals surface area contributed by atoms with Crippen LogP contribution in [-0.2, 0) is 0 Å². The van der Waals surface area contributed by atoms with Gasteiger partial charge in [-0.25, -0.2) is 9.37 Å². The molecule has 6 heteroatoms. The van der Waals surface area contributed by atoms with Gasteiger partial charge in [-0.1, -0.05) is 0 Å². The van der Waals surface area contributed by atoms with Crippen molar-refractivity contribution >= 4 is 28.3 Å². The molecule has 0 spiro atoms. The first kappa shape index (κ1) is 8.31. The Bertz CT molecular complexity index is 305. The normalized spacial score (nSPS) is 9.64. The van der Waals surface area contributed by atoms with Crippen LogP contribution in [0.3, 0.4) is 0 Å². The molecule has 0 N–H and O–H groups in total. The Balaban J connectivity index is 3.15. The second kappa shape index (κ2) is 3.07. The summed E-state index contributed by atoms with van der Waals surface area (Å²) in [6.45, 7) is 0. The van der Waals surface area contributed by atoms with Crippen LogP contribution >= 0.6 is 22.6 Å². The SMILES string of the molecule is O=[N+]([O-])c1cnc(I)c(F)c1. The summed E-state index contributed by atoms with van der Waals surface area (Å²) in [4.78, 5) is 12.8. The van der Waals surface area contributed by atoms with Crippen molar-refractivity contribution in [3.05, 3.63) is 31.9 Å². The first-order valence-electron chi connectivity index (χ1n) is 2.56. The fourth-order valence-electron chi connectivity index (χ4n) is 0.511. The molecule has 0 atom stereocenters. The Hall–Kier alpha value is -0.790. The van der Waals surface area contributed by atoms with Crippen molar-refractivity contribution in [2.24, 2.45) is 0 Å². The molecule has 1 heterocycles. The molecule has 0 aliphatic heterocycles. The van der Waals surface area contributed by atoms with Gasteiger partial charge in [-0.15, -0.1) is 0 Å². The predicted molar refractivity (Wildman–Crippen MR) is 43.6 cm³/mol. The molecule has 0 unspecified atom stereocenters. The van der Waals surface area contributed by atoms with Gasteiger partial charge in [-0.05, 0) is 22.6 Å². The summed E-state index contributed by atoms with van der Waals surface area (Å²) in [6, 6.07) is 0.842. The molecule has 0 aliphatic carbocycles. The Morgan fingerprint density at radius 1 is 1.73 bits per heavy atom. The molecule has 1 rings (SSSR count). The fraction of sp³-hybridized carbons (Fsp3) is 0. The minimum Gasteiger partial charge on any atom is -0.258 e. The van der Waals surface area contributed by atoms with Crippen LogP contribution in [0.25, 0.3) is 0 Å². The third kappa shape index (κ3) is 1.82. The topological polar surface area (TPSA) is 56.0 Å². The van der Waals surface area contributed by atoms with Gasteiger partial charge in [0.2, 0.25) is 0 Å². The van der Waals surface area contributed by atoms with Crippen molar-refractivity contribution in [3.8, 4) is 0 Å². The highest BCUT2D eigenvalue weighted by Gasteiger charge is 2.09. The van der Waals surface area contributed by atoms with Crippen LogP contribution in [0.4, 0.5) is 10.1 Å². The Morgan fingerprint density at radius 2 is 2.36 bits per heavy atom. The predicted octanol–water partition coefficient (Wildman–Crippen LogP) is 1.73. The van der Waals surface area contributed by atoms with E-state index in [2.05, 4.69) is 4.98 Å². The summed E-state index contributed by atoms with van der Waals surface area (Å²) in [5.41, 5.74) is -0.331. The van der Waals surface area contributed by atoms with Crippen LogP contribution in [0.15, 0.2) is 12.3 Å². The molecule has 0 aliphatic rings. The van der Waals surface area contributed by atoms with Gasteiger partial charge in [-0.2, -0.15) is 0 Å². The van der Waals surface area contributed by atoms with Gasteiger partial charge in [0, 0.05) is 0 Å². The molecular weight excluding hydrogens is 266 g/mol. The third-order valence-corrected chi connectivity index (χ3v) is 1.79. The van der Waals surface area contributed by atoms with E-state index in [1.807, 2.05) is 0 Å². The zero-order chi connectivity index (χ0) is 8.43. The monoisotopic (exact) mass is 268 g/mol. The number of halogens is 2. The number of aromatic nitrogens is 1. The summed E-state index contributed by atoms with van der Waals surface area (Å²) in [6.07, 6.45) is 1.02. The molecule has 0 bridgehead atoms. The zero-order valence-corrected chi connectivity index (χ0v) is 7.28. The molecule has 0 radical (unpaired) electrons. The van der Waals surface area contributed by atoms with E-state index in [1.165, 1.54) is 0 Å². The standard InChI is InChI=1S/C5H2FIN2O2/c6-4-1-3(9(10)11)2-8-5(4)7/h1-2H. The van der Waals surface area contributed by atoms with Crippen LogP contribution in [0.5, 0.6) is 0 Å². The average Bonchev–Trinajstić information content (AvgIpc) is 1.94. The second-order valence-electron chi connectivity index (χ2n) is 1.72. The number of rotatable bonds is 1. The molecule has 1 aromatic rings. The Kier molecular flexibility index (Phi) is 2.32. The zero-order valence-electron chi connectivity index (χ0n) is 5.12. The molecule has 0 fully saturated rings. The molecule has 11 heavy (non-hydrogen) atoms. The number of hydrogen-bond acceptors (Lipinski definition) is 3. The van der Waals surface area contributed by atoms with Gasteiger partial charge in [0.1, 0.15) is 9.90 Å². The first-order valence-corrected chi connectivity index (χ1v) is 3.64. The lowest BCUT2D eigenvalue weighted by atomic mass is 10.4. The largest absolute Gasteiger partial charge is 0.290 e. The summed E-state index contributed by atoms with van der Waals surface area (Å²) < 4.78 is 12.7. The molecule has 0 amide bonds. The quantitative estimate of drug-likeness (QED) is 0.337. The van der Waals surface area contributed by atoms with Gasteiger partial charge in [0.25, 0.3) is 5.69 Å². The fourth-order valence-corrected chi connectivity index (χ4v) is 0.806. The maximum Gasteiger partial charge on any atom is 0.290 e. The van der Waals surface area contributed by atoms with E-state index >= 15 is 0 Å². The Morgan fingerprint density at radius 3 is 2.82 bits per heavy atom. The van der Waals surface area contributed by atoms with Crippen molar-refractivity contribution < 1.29 is 9.31 Å². The molecule has 0 aromatic carbocycles. The van der Waals surface area contributed by atoms with Crippen molar-refractivity contribution in [1.29, 1.82) is 0 Å². The van der Waals surface area contributed by atoms with Gasteiger partial charge in [0.05, 0.1) is 11.0 Å². The van der Waals surface area contributed by atoms with E-state index < -0.39 is 10.7 Å². The second-order valence-corrected chi connectivity index (χ2v) is 2.75. The van der Waals surface area contributed by atoms with Gasteiger partial charge >= 0.3 is 0 Å². The van der Waals surface area contributed by atoms with Gasteiger partial charge in [-0.3, -0.25) is 10.1 Å². The Labute approximate surface area is 74.7 Å². The van der Waals surface area contributed by atoms with E-state index in [1.54, 1.807) is 22.6 Å². The number of nitrogens with zero attached hydrogens (tertiary/aromatic N) is 2. The number of hydrogen-bond donors (Lipinski definition) is 0. The molecule has 0 saturated carbocycles. The molecule has 0 saturated heterocycles. The third-order valence-electron chi connectivity index (χ3n) is 0.993. The van der Waals surface area contributed by atoms with Gasteiger partial charge < -0.3 is 0 Å². The van der Waals surface area contributed by atoms with E-state index in [9.17, 15) is 14.5 Å². The molecule has 4 nitrogen and oxygen atoms in total. The molecule has 58 valence electrons. The van der Waals surface area contributed by atoms with Crippen molar-refractivity contribution in [3.63, 3.8) is 0 Å². The van der Waals surface area contributed by atoms with E-state index in [-0.39, 0.29) is 9.39 Å². The summed E-state index contributed by atoms with van der Waals surface area (Å²) >= 11 is 1.66. The maximum atomic E-state index is 12.6. The van der Waals surface area contributed by atoms with Crippen LogP contribution in [0.2, 0.25) is 0 Å². The summed E-state index contributed by atoms with van der Waals surface area (Å²) in [7, 11) is 0. The van der Waals surface area contributed by atoms with E-state index in [4.69, 9.17) is 0 Å². The average molecular weight is 268 g/mol. The maximum absolute atomic E-state index is 12.6. The lowest BCUT2D eigenvalue weighted by Crippen LogP contribution is -1.93. The highest BCUT2D eigenvalue weighted by atomic mass is 127. The summed E-state index contributed by atoms with van der Waals surface area (Å²) in [5, 5.41) is 10.1. The van der Waals surface area contributed by atoms with Crippen molar-refractivity contribution in [1.82, 2.24) is 4.98 Å². The van der Waals surface area contributed by atoms with E-state index in [0.29, 0.717) is 0 Å². The minimum atomic E-state index is -0.688. The van der Waals surface area contributed by atoms with Crippen LogP contribution < -0.4 is 0 Å². The van der Waals surface area contributed by atoms with Crippen molar-refractivity contribution in [2.45, 2.75) is 0 Å². The van der Waals surface area contributed by atoms with Crippen LogP contribution in [-0.4, -0.2) is 9.91 Å². The smallest absolute Gasteiger partial charge is 0.258 e. The molecule has 1 aromatic heterocycles. The molecular formula is C5H2FIN2O2. The van der Waals surface area contributed by atoms with Crippen LogP contribution in [0, 0.1) is 19.6 Å². The lowest BCUT2D eigenvalue weighted by Gasteiger charge is -1.91. The highest BCUT2D eigenvalue weighted by molar-refractivity contribution is 14.1. The number of nitro groups is 1. The van der Waals surface area contributed by atoms with Crippen LogP contribution in [0.1, 0.15) is 0 Å². The minimum absolute atomic E-state index is 0.133.